The minimum Gasteiger partial charge on any atom is -0.469 e. The number of hydrogen-bond donors (Lipinski definition) is 1. The normalized spacial score (nSPS) is 11.0. The fourth-order valence-corrected chi connectivity index (χ4v) is 1.59. The van der Waals surface area contributed by atoms with Crippen molar-refractivity contribution in [2.75, 3.05) is 13.7 Å². The number of carbonyl (C=O) groups is 3. The van der Waals surface area contributed by atoms with Crippen LogP contribution < -0.4 is 5.32 Å². The van der Waals surface area contributed by atoms with Crippen LogP contribution in [0.25, 0.3) is 0 Å². The van der Waals surface area contributed by atoms with Crippen molar-refractivity contribution in [3.05, 3.63) is 48.6 Å². The number of methoxy groups -OCH3 is 1. The van der Waals surface area contributed by atoms with Crippen LogP contribution in [-0.2, 0) is 30.4 Å². The highest BCUT2D eigenvalue weighted by molar-refractivity contribution is 5.86. The maximum Gasteiger partial charge on any atom is 0.408 e. The molecule has 7 heteroatoms. The van der Waals surface area contributed by atoms with Gasteiger partial charge in [-0.15, -0.1) is 0 Å². The van der Waals surface area contributed by atoms with Gasteiger partial charge in [0.05, 0.1) is 13.5 Å². The molecule has 0 radical (unpaired) electrons. The maximum absolute atomic E-state index is 11.8. The summed E-state index contributed by atoms with van der Waals surface area (Å²) in [6, 6.07) is 7.85. The second kappa shape index (κ2) is 9.99. The van der Waals surface area contributed by atoms with Crippen LogP contribution in [0.2, 0.25) is 0 Å². The summed E-state index contributed by atoms with van der Waals surface area (Å²) in [5, 5.41) is 2.29. The molecule has 0 aliphatic carbocycles. The predicted molar refractivity (Wildman–Crippen MR) is 81.3 cm³/mol. The highest BCUT2D eigenvalue weighted by Gasteiger charge is 2.26. The molecule has 0 aromatic heterocycles. The highest BCUT2D eigenvalue weighted by Crippen LogP contribution is 2.03. The number of amides is 1. The van der Waals surface area contributed by atoms with Gasteiger partial charge in [-0.3, -0.25) is 4.79 Å². The van der Waals surface area contributed by atoms with Gasteiger partial charge in [0.1, 0.15) is 19.3 Å². The highest BCUT2D eigenvalue weighted by atomic mass is 16.6. The van der Waals surface area contributed by atoms with Crippen molar-refractivity contribution >= 4 is 18.0 Å². The van der Waals surface area contributed by atoms with E-state index in [-0.39, 0.29) is 19.6 Å². The number of ether oxygens (including phenoxy) is 3. The average molecular weight is 321 g/mol. The van der Waals surface area contributed by atoms with Crippen molar-refractivity contribution in [3.8, 4) is 0 Å². The summed E-state index contributed by atoms with van der Waals surface area (Å²) >= 11 is 0. The Labute approximate surface area is 134 Å². The van der Waals surface area contributed by atoms with Gasteiger partial charge in [-0.25, -0.2) is 9.59 Å². The van der Waals surface area contributed by atoms with Gasteiger partial charge in [0.25, 0.3) is 0 Å². The molecule has 1 amide bonds. The van der Waals surface area contributed by atoms with Crippen LogP contribution in [0.4, 0.5) is 4.79 Å². The maximum atomic E-state index is 11.8. The number of benzene rings is 1. The molecule has 1 N–H and O–H groups in total. The third kappa shape index (κ3) is 7.12. The van der Waals surface area contributed by atoms with Crippen LogP contribution in [-0.4, -0.2) is 37.8 Å². The third-order valence-electron chi connectivity index (χ3n) is 2.73. The van der Waals surface area contributed by atoms with Crippen molar-refractivity contribution in [3.63, 3.8) is 0 Å². The largest absolute Gasteiger partial charge is 0.469 e. The van der Waals surface area contributed by atoms with E-state index in [0.717, 1.165) is 5.56 Å². The van der Waals surface area contributed by atoms with E-state index in [1.165, 1.54) is 13.2 Å². The number of hydrogen-bond acceptors (Lipinski definition) is 6. The van der Waals surface area contributed by atoms with Gasteiger partial charge in [-0.2, -0.15) is 0 Å². The average Bonchev–Trinajstić information content (AvgIpc) is 2.58. The molecule has 7 nitrogen and oxygen atoms in total. The summed E-state index contributed by atoms with van der Waals surface area (Å²) in [6.45, 7) is 3.42. The van der Waals surface area contributed by atoms with Crippen molar-refractivity contribution in [1.29, 1.82) is 0 Å². The molecular weight excluding hydrogens is 302 g/mol. The lowest BCUT2D eigenvalue weighted by Crippen LogP contribution is -2.43. The molecule has 0 fully saturated rings. The molecule has 23 heavy (non-hydrogen) atoms. The Morgan fingerprint density at radius 2 is 1.91 bits per heavy atom. The molecule has 1 rings (SSSR count). The number of nitrogens with one attached hydrogen (secondary N) is 1. The smallest absolute Gasteiger partial charge is 0.408 e. The van der Waals surface area contributed by atoms with Gasteiger partial charge in [-0.05, 0) is 5.56 Å². The summed E-state index contributed by atoms with van der Waals surface area (Å²) in [5.41, 5.74) is 0.793. The van der Waals surface area contributed by atoms with E-state index in [9.17, 15) is 14.4 Å². The van der Waals surface area contributed by atoms with Crippen LogP contribution in [0.5, 0.6) is 0 Å². The Hall–Kier alpha value is -2.83. The van der Waals surface area contributed by atoms with Crippen molar-refractivity contribution in [1.82, 2.24) is 5.32 Å². The minimum absolute atomic E-state index is 0.0305. The lowest BCUT2D eigenvalue weighted by atomic mass is 10.2. The second-order valence-electron chi connectivity index (χ2n) is 4.46. The lowest BCUT2D eigenvalue weighted by molar-refractivity contribution is -0.150. The molecule has 0 saturated carbocycles. The van der Waals surface area contributed by atoms with Crippen LogP contribution in [0, 0.1) is 0 Å². The van der Waals surface area contributed by atoms with Crippen LogP contribution >= 0.6 is 0 Å². The molecular formula is C16H19NO6. The first-order valence-electron chi connectivity index (χ1n) is 6.88. The van der Waals surface area contributed by atoms with Crippen molar-refractivity contribution < 1.29 is 28.6 Å². The van der Waals surface area contributed by atoms with Gasteiger partial charge in [0.15, 0.2) is 0 Å². The van der Waals surface area contributed by atoms with Crippen LogP contribution in [0.1, 0.15) is 12.0 Å². The molecule has 1 atom stereocenters. The molecule has 0 bridgehead atoms. The fraction of sp³-hybridized carbons (Fsp3) is 0.312. The summed E-state index contributed by atoms with van der Waals surface area (Å²) in [7, 11) is 1.18. The summed E-state index contributed by atoms with van der Waals surface area (Å²) in [4.78, 5) is 34.9. The Balaban J connectivity index is 2.56. The quantitative estimate of drug-likeness (QED) is 0.444. The van der Waals surface area contributed by atoms with Crippen molar-refractivity contribution in [2.24, 2.45) is 0 Å². The Morgan fingerprint density at radius 3 is 2.52 bits per heavy atom. The Bertz CT molecular complexity index is 543. The zero-order chi connectivity index (χ0) is 17.1. The van der Waals surface area contributed by atoms with E-state index in [0.29, 0.717) is 0 Å². The predicted octanol–water partition coefficient (Wildman–Crippen LogP) is 1.57. The van der Waals surface area contributed by atoms with E-state index in [2.05, 4.69) is 16.6 Å². The molecule has 0 heterocycles. The van der Waals surface area contributed by atoms with Gasteiger partial charge in [-0.1, -0.05) is 43.0 Å². The molecule has 0 saturated heterocycles. The van der Waals surface area contributed by atoms with Crippen LogP contribution in [0.3, 0.4) is 0 Å². The van der Waals surface area contributed by atoms with E-state index in [4.69, 9.17) is 9.47 Å². The van der Waals surface area contributed by atoms with Crippen LogP contribution in [0.15, 0.2) is 43.0 Å². The zero-order valence-electron chi connectivity index (χ0n) is 12.8. The molecule has 0 unspecified atom stereocenters. The molecule has 124 valence electrons. The van der Waals surface area contributed by atoms with Gasteiger partial charge in [0, 0.05) is 0 Å². The first kappa shape index (κ1) is 18.2. The third-order valence-corrected chi connectivity index (χ3v) is 2.73. The summed E-state index contributed by atoms with van der Waals surface area (Å²) in [6.07, 6.45) is 0.187. The molecule has 0 aliphatic heterocycles. The molecule has 0 spiro atoms. The monoisotopic (exact) mass is 321 g/mol. The summed E-state index contributed by atoms with van der Waals surface area (Å²) in [5.74, 6) is -1.43. The first-order valence-corrected chi connectivity index (χ1v) is 6.88. The molecule has 1 aromatic rings. The lowest BCUT2D eigenvalue weighted by Gasteiger charge is -2.16. The Morgan fingerprint density at radius 1 is 1.22 bits per heavy atom. The molecule has 0 aliphatic rings. The van der Waals surface area contributed by atoms with Crippen molar-refractivity contribution in [2.45, 2.75) is 19.1 Å². The van der Waals surface area contributed by atoms with E-state index < -0.39 is 24.1 Å². The number of esters is 2. The standard InChI is InChI=1S/C16H19NO6/c1-3-9-22-15(19)13(10-14(18)21-2)17-16(20)23-11-12-7-5-4-6-8-12/h3-8,13H,1,9-11H2,2H3,(H,17,20)/t13-/m0/s1. The second-order valence-corrected chi connectivity index (χ2v) is 4.46. The fourth-order valence-electron chi connectivity index (χ4n) is 1.59. The van der Waals surface area contributed by atoms with E-state index in [1.807, 2.05) is 18.2 Å². The topological polar surface area (TPSA) is 90.9 Å². The number of rotatable bonds is 8. The minimum atomic E-state index is -1.19. The Kier molecular flexibility index (Phi) is 7.91. The van der Waals surface area contributed by atoms with Gasteiger partial charge in [0.2, 0.25) is 0 Å². The number of alkyl carbamates (subject to hydrolysis) is 1. The molecule has 1 aromatic carbocycles. The summed E-state index contributed by atoms with van der Waals surface area (Å²) < 4.78 is 14.3. The zero-order valence-corrected chi connectivity index (χ0v) is 12.8. The SMILES string of the molecule is C=CCOC(=O)[C@H](CC(=O)OC)NC(=O)OCc1ccccc1. The number of carbonyl (C=O) groups excluding carboxylic acids is 3. The first-order chi connectivity index (χ1) is 11.1. The van der Waals surface area contributed by atoms with Gasteiger partial charge >= 0.3 is 18.0 Å². The van der Waals surface area contributed by atoms with E-state index >= 15 is 0 Å². The van der Waals surface area contributed by atoms with Gasteiger partial charge < -0.3 is 19.5 Å². The van der Waals surface area contributed by atoms with E-state index in [1.54, 1.807) is 12.1 Å².